The number of aliphatic imine (C=N–C) groups is 1. The second-order valence-electron chi connectivity index (χ2n) is 4.50. The van der Waals surface area contributed by atoms with Gasteiger partial charge < -0.3 is 5.32 Å². The largest absolute Gasteiger partial charge is 0.370 e. The Balaban J connectivity index is 1.81. The summed E-state index contributed by atoms with van der Waals surface area (Å²) >= 11 is 0. The highest BCUT2D eigenvalue weighted by Crippen LogP contribution is 2.03. The first-order valence-electron chi connectivity index (χ1n) is 6.66. The van der Waals surface area contributed by atoms with Crippen LogP contribution in [0.25, 0.3) is 0 Å². The lowest BCUT2D eigenvalue weighted by Crippen LogP contribution is -2.23. The molecule has 2 aromatic rings. The fraction of sp³-hybridized carbons (Fsp3) is 0.235. The third-order valence-corrected chi connectivity index (χ3v) is 3.10. The zero-order valence-corrected chi connectivity index (χ0v) is 11.3. The van der Waals surface area contributed by atoms with Crippen molar-refractivity contribution in [2.45, 2.75) is 19.4 Å². The van der Waals surface area contributed by atoms with E-state index in [1.54, 1.807) is 0 Å². The second-order valence-corrected chi connectivity index (χ2v) is 4.50. The molecule has 19 heavy (non-hydrogen) atoms. The number of amidine groups is 1. The Kier molecular flexibility index (Phi) is 5.17. The van der Waals surface area contributed by atoms with Gasteiger partial charge in [-0.25, -0.2) is 0 Å². The van der Waals surface area contributed by atoms with Crippen molar-refractivity contribution in [1.29, 1.82) is 0 Å². The van der Waals surface area contributed by atoms with E-state index < -0.39 is 0 Å². The molecule has 0 aliphatic heterocycles. The molecule has 1 N–H and O–H groups in total. The SMILES string of the molecule is CN=C(CCc1ccccc1)NCc1ccccc1. The summed E-state index contributed by atoms with van der Waals surface area (Å²) in [4.78, 5) is 4.32. The molecule has 0 saturated carbocycles. The van der Waals surface area contributed by atoms with E-state index in [2.05, 4.69) is 58.8 Å². The van der Waals surface area contributed by atoms with Crippen LogP contribution in [0, 0.1) is 0 Å². The summed E-state index contributed by atoms with van der Waals surface area (Å²) in [5.41, 5.74) is 2.63. The fourth-order valence-electron chi connectivity index (χ4n) is 1.99. The molecule has 0 spiro atoms. The van der Waals surface area contributed by atoms with Crippen LogP contribution in [0.15, 0.2) is 65.7 Å². The Bertz CT molecular complexity index is 458. The second kappa shape index (κ2) is 7.37. The van der Waals surface area contributed by atoms with Crippen LogP contribution in [0.1, 0.15) is 17.5 Å². The van der Waals surface area contributed by atoms with Crippen LogP contribution in [0.2, 0.25) is 0 Å². The van der Waals surface area contributed by atoms with Crippen LogP contribution >= 0.6 is 0 Å². The highest BCUT2D eigenvalue weighted by atomic mass is 15.0. The zero-order valence-electron chi connectivity index (χ0n) is 11.3. The molecule has 2 rings (SSSR count). The van der Waals surface area contributed by atoms with Crippen molar-refractivity contribution in [2.75, 3.05) is 7.05 Å². The number of hydrogen-bond acceptors (Lipinski definition) is 1. The zero-order chi connectivity index (χ0) is 13.3. The van der Waals surface area contributed by atoms with Crippen LogP contribution in [-0.2, 0) is 13.0 Å². The van der Waals surface area contributed by atoms with Crippen LogP contribution in [-0.4, -0.2) is 12.9 Å². The molecule has 0 radical (unpaired) electrons. The van der Waals surface area contributed by atoms with Gasteiger partial charge in [0, 0.05) is 20.0 Å². The highest BCUT2D eigenvalue weighted by Gasteiger charge is 1.99. The lowest BCUT2D eigenvalue weighted by atomic mass is 10.1. The molecule has 0 fully saturated rings. The normalized spacial score (nSPS) is 11.3. The maximum absolute atomic E-state index is 4.32. The molecule has 98 valence electrons. The third-order valence-electron chi connectivity index (χ3n) is 3.10. The lowest BCUT2D eigenvalue weighted by molar-refractivity contribution is 0.863. The fourth-order valence-corrected chi connectivity index (χ4v) is 1.99. The van der Waals surface area contributed by atoms with E-state index in [0.29, 0.717) is 0 Å². The molecule has 0 aromatic heterocycles. The number of nitrogens with one attached hydrogen (secondary N) is 1. The van der Waals surface area contributed by atoms with Gasteiger partial charge >= 0.3 is 0 Å². The molecule has 0 aliphatic rings. The first-order chi connectivity index (χ1) is 9.38. The third kappa shape index (κ3) is 4.59. The Hall–Kier alpha value is -2.09. The van der Waals surface area contributed by atoms with E-state index >= 15 is 0 Å². The maximum Gasteiger partial charge on any atom is 0.0965 e. The minimum absolute atomic E-state index is 0.836. The number of nitrogens with zero attached hydrogens (tertiary/aromatic N) is 1. The van der Waals surface area contributed by atoms with Crippen molar-refractivity contribution >= 4 is 5.84 Å². The van der Waals surface area contributed by atoms with Crippen molar-refractivity contribution in [3.05, 3.63) is 71.8 Å². The van der Waals surface area contributed by atoms with Crippen LogP contribution < -0.4 is 5.32 Å². The van der Waals surface area contributed by atoms with Gasteiger partial charge in [0.05, 0.1) is 5.84 Å². The number of benzene rings is 2. The molecule has 2 heteroatoms. The van der Waals surface area contributed by atoms with E-state index in [1.165, 1.54) is 11.1 Å². The first-order valence-corrected chi connectivity index (χ1v) is 6.66. The topological polar surface area (TPSA) is 24.4 Å². The number of aryl methyl sites for hydroxylation is 1. The van der Waals surface area contributed by atoms with E-state index in [4.69, 9.17) is 0 Å². The summed E-state index contributed by atoms with van der Waals surface area (Å²) in [6.45, 7) is 0.836. The van der Waals surface area contributed by atoms with Gasteiger partial charge in [-0.3, -0.25) is 4.99 Å². The molecule has 0 saturated heterocycles. The Morgan fingerprint density at radius 3 is 2.05 bits per heavy atom. The predicted molar refractivity (Wildman–Crippen MR) is 81.4 cm³/mol. The summed E-state index contributed by atoms with van der Waals surface area (Å²) in [5, 5.41) is 3.41. The first kappa shape index (κ1) is 13.3. The summed E-state index contributed by atoms with van der Waals surface area (Å²) in [5.74, 6) is 1.06. The molecule has 0 aliphatic carbocycles. The molecule has 0 unspecified atom stereocenters. The molecule has 2 aromatic carbocycles. The summed E-state index contributed by atoms with van der Waals surface area (Å²) in [6, 6.07) is 20.9. The van der Waals surface area contributed by atoms with Gasteiger partial charge in [0.25, 0.3) is 0 Å². The van der Waals surface area contributed by atoms with Crippen molar-refractivity contribution in [1.82, 2.24) is 5.32 Å². The minimum atomic E-state index is 0.836. The summed E-state index contributed by atoms with van der Waals surface area (Å²) in [7, 11) is 1.85. The van der Waals surface area contributed by atoms with E-state index in [-0.39, 0.29) is 0 Å². The predicted octanol–water partition coefficient (Wildman–Crippen LogP) is 3.44. The molecule has 0 bridgehead atoms. The van der Waals surface area contributed by atoms with Crippen LogP contribution in [0.3, 0.4) is 0 Å². The molecular formula is C17H20N2. The molecule has 0 heterocycles. The van der Waals surface area contributed by atoms with Crippen molar-refractivity contribution in [3.8, 4) is 0 Å². The Labute approximate surface area is 115 Å². The smallest absolute Gasteiger partial charge is 0.0965 e. The highest BCUT2D eigenvalue weighted by molar-refractivity contribution is 5.82. The Morgan fingerprint density at radius 2 is 1.47 bits per heavy atom. The summed E-state index contributed by atoms with van der Waals surface area (Å²) in [6.07, 6.45) is 1.97. The standard InChI is InChI=1S/C17H20N2/c1-18-17(13-12-15-8-4-2-5-9-15)19-14-16-10-6-3-7-11-16/h2-11H,12-14H2,1H3,(H,18,19). The average Bonchev–Trinajstić information content (AvgIpc) is 2.49. The van der Waals surface area contributed by atoms with E-state index in [1.807, 2.05) is 19.2 Å². The average molecular weight is 252 g/mol. The number of hydrogen-bond donors (Lipinski definition) is 1. The van der Waals surface area contributed by atoms with Gasteiger partial charge in [-0.15, -0.1) is 0 Å². The van der Waals surface area contributed by atoms with Crippen molar-refractivity contribution in [3.63, 3.8) is 0 Å². The van der Waals surface area contributed by atoms with E-state index in [9.17, 15) is 0 Å². The van der Waals surface area contributed by atoms with Crippen molar-refractivity contribution < 1.29 is 0 Å². The molecule has 0 amide bonds. The summed E-state index contributed by atoms with van der Waals surface area (Å²) < 4.78 is 0. The van der Waals surface area contributed by atoms with Gasteiger partial charge in [-0.05, 0) is 17.5 Å². The van der Waals surface area contributed by atoms with Gasteiger partial charge in [-0.2, -0.15) is 0 Å². The lowest BCUT2D eigenvalue weighted by Gasteiger charge is -2.09. The van der Waals surface area contributed by atoms with Gasteiger partial charge in [0.2, 0.25) is 0 Å². The molecule has 2 nitrogen and oxygen atoms in total. The monoisotopic (exact) mass is 252 g/mol. The minimum Gasteiger partial charge on any atom is -0.370 e. The molecular weight excluding hydrogens is 232 g/mol. The van der Waals surface area contributed by atoms with Crippen LogP contribution in [0.5, 0.6) is 0 Å². The molecule has 0 atom stereocenters. The van der Waals surface area contributed by atoms with E-state index in [0.717, 1.165) is 25.2 Å². The van der Waals surface area contributed by atoms with Gasteiger partial charge in [0.1, 0.15) is 0 Å². The van der Waals surface area contributed by atoms with Gasteiger partial charge in [0.15, 0.2) is 0 Å². The quantitative estimate of drug-likeness (QED) is 0.640. The Morgan fingerprint density at radius 1 is 0.895 bits per heavy atom. The van der Waals surface area contributed by atoms with Crippen LogP contribution in [0.4, 0.5) is 0 Å². The van der Waals surface area contributed by atoms with Gasteiger partial charge in [-0.1, -0.05) is 60.7 Å². The maximum atomic E-state index is 4.32. The number of rotatable bonds is 5. The van der Waals surface area contributed by atoms with Crippen molar-refractivity contribution in [2.24, 2.45) is 4.99 Å².